The van der Waals surface area contributed by atoms with Crippen LogP contribution >= 0.6 is 0 Å². The Balaban J connectivity index is 1.18. The summed E-state index contributed by atoms with van der Waals surface area (Å²) in [6.07, 6.45) is 4.86. The predicted octanol–water partition coefficient (Wildman–Crippen LogP) is 5.49. The fraction of sp³-hybridized carbons (Fsp3) is 0.121. The average molecular weight is 562 g/mol. The molecule has 1 amide bonds. The summed E-state index contributed by atoms with van der Waals surface area (Å²) in [7, 11) is 0. The van der Waals surface area contributed by atoms with E-state index in [1.165, 1.54) is 22.8 Å². The monoisotopic (exact) mass is 561 g/mol. The zero-order valence-corrected chi connectivity index (χ0v) is 22.7. The third-order valence-electron chi connectivity index (χ3n) is 7.08. The van der Waals surface area contributed by atoms with E-state index in [4.69, 9.17) is 4.74 Å². The summed E-state index contributed by atoms with van der Waals surface area (Å²) in [5.41, 5.74) is 3.04. The Morgan fingerprint density at radius 3 is 2.43 bits per heavy atom. The number of piperazine rings is 1. The number of benzene rings is 3. The van der Waals surface area contributed by atoms with Gasteiger partial charge in [-0.3, -0.25) is 19.1 Å². The van der Waals surface area contributed by atoms with Gasteiger partial charge in [0.25, 0.3) is 11.5 Å². The number of carbonyl (C=O) groups excluding carboxylic acids is 1. The summed E-state index contributed by atoms with van der Waals surface area (Å²) < 4.78 is 22.5. The zero-order valence-electron chi connectivity index (χ0n) is 22.7. The number of nitrogens with one attached hydrogen (secondary N) is 2. The highest BCUT2D eigenvalue weighted by Crippen LogP contribution is 2.35. The number of amides is 1. The van der Waals surface area contributed by atoms with Crippen LogP contribution in [0.1, 0.15) is 10.4 Å². The number of hydrogen-bond acceptors (Lipinski definition) is 6. The Morgan fingerprint density at radius 2 is 1.67 bits per heavy atom. The molecule has 0 aliphatic carbocycles. The van der Waals surface area contributed by atoms with Crippen LogP contribution < -0.4 is 25.8 Å². The molecule has 0 spiro atoms. The van der Waals surface area contributed by atoms with E-state index in [-0.39, 0.29) is 17.0 Å². The summed E-state index contributed by atoms with van der Waals surface area (Å²) in [5.74, 6) is -0.871. The van der Waals surface area contributed by atoms with E-state index in [0.29, 0.717) is 11.4 Å². The molecular weight excluding hydrogens is 533 g/mol. The van der Waals surface area contributed by atoms with Gasteiger partial charge in [-0.1, -0.05) is 30.3 Å². The lowest BCUT2D eigenvalue weighted by atomic mass is 10.1. The van der Waals surface area contributed by atoms with Gasteiger partial charge >= 0.3 is 0 Å². The summed E-state index contributed by atoms with van der Waals surface area (Å²) in [6.45, 7) is 3.81. The van der Waals surface area contributed by atoms with Crippen molar-refractivity contribution in [2.75, 3.05) is 36.4 Å². The number of nitrogens with zero attached hydrogens (tertiary/aromatic N) is 3. The quantitative estimate of drug-likeness (QED) is 0.273. The Morgan fingerprint density at radius 1 is 0.881 bits per heavy atom. The van der Waals surface area contributed by atoms with Gasteiger partial charge < -0.3 is 20.3 Å². The van der Waals surface area contributed by atoms with Gasteiger partial charge in [0.2, 0.25) is 0 Å². The third-order valence-corrected chi connectivity index (χ3v) is 7.08. The normalized spacial score (nSPS) is 13.0. The molecule has 1 aliphatic rings. The fourth-order valence-electron chi connectivity index (χ4n) is 4.90. The molecule has 210 valence electrons. The highest BCUT2D eigenvalue weighted by molar-refractivity contribution is 6.04. The number of pyridine rings is 2. The van der Waals surface area contributed by atoms with Crippen molar-refractivity contribution in [3.05, 3.63) is 131 Å². The molecule has 2 aromatic heterocycles. The summed E-state index contributed by atoms with van der Waals surface area (Å²) in [6, 6.07) is 26.0. The first-order valence-corrected chi connectivity index (χ1v) is 13.6. The molecule has 1 fully saturated rings. The van der Waals surface area contributed by atoms with Crippen LogP contribution in [0.4, 0.5) is 15.8 Å². The molecule has 0 saturated carbocycles. The molecule has 6 rings (SSSR count). The van der Waals surface area contributed by atoms with Crippen molar-refractivity contribution in [3.63, 3.8) is 0 Å². The molecule has 8 nitrogen and oxygen atoms in total. The summed E-state index contributed by atoms with van der Waals surface area (Å²) >= 11 is 0. The molecule has 1 aliphatic heterocycles. The van der Waals surface area contributed by atoms with Crippen molar-refractivity contribution in [1.82, 2.24) is 14.9 Å². The van der Waals surface area contributed by atoms with E-state index in [2.05, 4.69) is 32.7 Å². The van der Waals surface area contributed by atoms with Gasteiger partial charge in [0.05, 0.1) is 0 Å². The maximum Gasteiger partial charge on any atom is 0.267 e. The maximum atomic E-state index is 15.2. The van der Waals surface area contributed by atoms with Gasteiger partial charge in [-0.15, -0.1) is 0 Å². The van der Waals surface area contributed by atoms with Crippen molar-refractivity contribution in [2.24, 2.45) is 0 Å². The van der Waals surface area contributed by atoms with Crippen LogP contribution in [0.15, 0.2) is 114 Å². The molecule has 0 radical (unpaired) electrons. The molecule has 0 atom stereocenters. The van der Waals surface area contributed by atoms with E-state index < -0.39 is 17.3 Å². The smallest absolute Gasteiger partial charge is 0.267 e. The molecule has 5 aromatic rings. The van der Waals surface area contributed by atoms with Crippen LogP contribution in [-0.2, 0) is 0 Å². The number of halogens is 1. The minimum Gasteiger partial charge on any atom is -0.454 e. The van der Waals surface area contributed by atoms with Crippen molar-refractivity contribution in [3.8, 4) is 28.3 Å². The van der Waals surface area contributed by atoms with E-state index in [0.717, 1.165) is 49.1 Å². The Labute approximate surface area is 242 Å². The first-order chi connectivity index (χ1) is 20.6. The van der Waals surface area contributed by atoms with Crippen LogP contribution in [0.5, 0.6) is 11.5 Å². The molecule has 9 heteroatoms. The van der Waals surface area contributed by atoms with Crippen LogP contribution in [0.2, 0.25) is 0 Å². The van der Waals surface area contributed by atoms with Crippen LogP contribution in [0.25, 0.3) is 16.8 Å². The second-order valence-electron chi connectivity index (χ2n) is 9.79. The fourth-order valence-corrected chi connectivity index (χ4v) is 4.90. The Bertz CT molecular complexity index is 1770. The lowest BCUT2D eigenvalue weighted by Crippen LogP contribution is -2.43. The topological polar surface area (TPSA) is 88.5 Å². The number of anilines is 2. The molecule has 42 heavy (non-hydrogen) atoms. The van der Waals surface area contributed by atoms with E-state index in [1.807, 2.05) is 18.2 Å². The lowest BCUT2D eigenvalue weighted by molar-refractivity contribution is 0.102. The minimum atomic E-state index is -0.667. The zero-order chi connectivity index (χ0) is 28.9. The number of carbonyl (C=O) groups is 1. The van der Waals surface area contributed by atoms with Crippen LogP contribution in [0, 0.1) is 5.82 Å². The van der Waals surface area contributed by atoms with Crippen molar-refractivity contribution in [2.45, 2.75) is 0 Å². The lowest BCUT2D eigenvalue weighted by Gasteiger charge is -2.29. The van der Waals surface area contributed by atoms with Crippen LogP contribution in [0.3, 0.4) is 0 Å². The molecule has 0 bridgehead atoms. The van der Waals surface area contributed by atoms with Gasteiger partial charge in [0.1, 0.15) is 11.3 Å². The van der Waals surface area contributed by atoms with Gasteiger partial charge in [-0.2, -0.15) is 0 Å². The summed E-state index contributed by atoms with van der Waals surface area (Å²) in [5, 5.41) is 5.97. The molecule has 1 saturated heterocycles. The first kappa shape index (κ1) is 26.9. The van der Waals surface area contributed by atoms with Crippen LogP contribution in [-0.4, -0.2) is 41.6 Å². The minimum absolute atomic E-state index is 0.0102. The van der Waals surface area contributed by atoms with E-state index in [9.17, 15) is 9.59 Å². The third kappa shape index (κ3) is 5.77. The predicted molar refractivity (Wildman–Crippen MR) is 161 cm³/mol. The average Bonchev–Trinajstić information content (AvgIpc) is 3.03. The van der Waals surface area contributed by atoms with Crippen molar-refractivity contribution < 1.29 is 13.9 Å². The van der Waals surface area contributed by atoms with Crippen molar-refractivity contribution in [1.29, 1.82) is 0 Å². The Kier molecular flexibility index (Phi) is 7.74. The SMILES string of the molecule is O=C(Nc1ccc(Oc2ccncc2-c2ccc(N3CCNCC3)cc2)c(F)c1)c1cccn(-c2ccccc2)c1=O. The van der Waals surface area contributed by atoms with Gasteiger partial charge in [-0.05, 0) is 60.2 Å². The van der Waals surface area contributed by atoms with Gasteiger partial charge in [0.15, 0.2) is 11.6 Å². The standard InChI is InChI=1S/C33H28FN5O3/c34-29-21-24(37-32(40)27-7-4-18-39(33(27)41)26-5-2-1-3-6-26)10-13-31(29)42-30-14-15-36-22-28(30)23-8-11-25(12-9-23)38-19-16-35-17-20-38/h1-15,18,21-22,35H,16-17,19-20H2,(H,37,40). The number of ether oxygens (including phenoxy) is 1. The molecule has 3 heterocycles. The number of aromatic nitrogens is 2. The second-order valence-corrected chi connectivity index (χ2v) is 9.79. The molecule has 2 N–H and O–H groups in total. The number of hydrogen-bond donors (Lipinski definition) is 2. The van der Waals surface area contributed by atoms with Crippen molar-refractivity contribution >= 4 is 17.3 Å². The number of rotatable bonds is 7. The molecule has 0 unspecified atom stereocenters. The highest BCUT2D eigenvalue weighted by Gasteiger charge is 2.16. The Hall–Kier alpha value is -5.28. The first-order valence-electron chi connectivity index (χ1n) is 13.6. The highest BCUT2D eigenvalue weighted by atomic mass is 19.1. The molecule has 3 aromatic carbocycles. The molecular formula is C33H28FN5O3. The van der Waals surface area contributed by atoms with Gasteiger partial charge in [0, 0.05) is 73.5 Å². The van der Waals surface area contributed by atoms with E-state index in [1.54, 1.807) is 55.0 Å². The second kappa shape index (κ2) is 12.1. The summed E-state index contributed by atoms with van der Waals surface area (Å²) in [4.78, 5) is 32.5. The van der Waals surface area contributed by atoms with Gasteiger partial charge in [-0.25, -0.2) is 4.39 Å². The largest absolute Gasteiger partial charge is 0.454 e. The maximum absolute atomic E-state index is 15.2. The number of para-hydroxylation sites is 1. The van der Waals surface area contributed by atoms with E-state index >= 15 is 4.39 Å².